The van der Waals surface area contributed by atoms with Gasteiger partial charge in [0.2, 0.25) is 0 Å². The number of benzene rings is 3. The molecule has 2 nitrogen and oxygen atoms in total. The molecule has 2 heteroatoms. The highest BCUT2D eigenvalue weighted by Gasteiger charge is 2.02. The van der Waals surface area contributed by atoms with Crippen LogP contribution in [-0.4, -0.2) is 11.1 Å². The Kier molecular flexibility index (Phi) is 3.69. The van der Waals surface area contributed by atoms with Crippen LogP contribution in [0, 0.1) is 0 Å². The van der Waals surface area contributed by atoms with Crippen LogP contribution in [0.4, 0.5) is 0 Å². The van der Waals surface area contributed by atoms with Crippen LogP contribution in [0.1, 0.15) is 16.7 Å². The van der Waals surface area contributed by atoms with Gasteiger partial charge >= 0.3 is 5.97 Å². The lowest BCUT2D eigenvalue weighted by molar-refractivity contribution is -0.136. The zero-order valence-electron chi connectivity index (χ0n) is 11.6. The Labute approximate surface area is 123 Å². The van der Waals surface area contributed by atoms with Crippen LogP contribution >= 0.6 is 0 Å². The standard InChI is InChI=1S/C19H16O2/c20-19(21)13-15-7-5-14(6-8-15)11-16-9-10-17-3-1-2-4-18(17)12-16/h1-10,12H,11,13H2,(H,20,21). The summed E-state index contributed by atoms with van der Waals surface area (Å²) in [6.45, 7) is 0. The van der Waals surface area contributed by atoms with Gasteiger partial charge in [-0.05, 0) is 33.9 Å². The molecule has 0 saturated carbocycles. The lowest BCUT2D eigenvalue weighted by Crippen LogP contribution is -2.00. The monoisotopic (exact) mass is 276 g/mol. The van der Waals surface area contributed by atoms with E-state index in [1.165, 1.54) is 21.9 Å². The van der Waals surface area contributed by atoms with Crippen molar-refractivity contribution in [3.63, 3.8) is 0 Å². The second kappa shape index (κ2) is 5.80. The third kappa shape index (κ3) is 3.29. The third-order valence-corrected chi connectivity index (χ3v) is 3.60. The van der Waals surface area contributed by atoms with Crippen molar-refractivity contribution in [1.29, 1.82) is 0 Å². The van der Waals surface area contributed by atoms with E-state index in [2.05, 4.69) is 30.3 Å². The SMILES string of the molecule is O=C(O)Cc1ccc(Cc2ccc3ccccc3c2)cc1. The van der Waals surface area contributed by atoms with Gasteiger partial charge in [-0.3, -0.25) is 4.79 Å². The van der Waals surface area contributed by atoms with Crippen LogP contribution < -0.4 is 0 Å². The lowest BCUT2D eigenvalue weighted by atomic mass is 10.00. The summed E-state index contributed by atoms with van der Waals surface area (Å²) in [7, 11) is 0. The number of rotatable bonds is 4. The van der Waals surface area contributed by atoms with Gasteiger partial charge in [-0.2, -0.15) is 0 Å². The molecule has 21 heavy (non-hydrogen) atoms. The van der Waals surface area contributed by atoms with Crippen LogP contribution in [0.15, 0.2) is 66.7 Å². The smallest absolute Gasteiger partial charge is 0.307 e. The minimum atomic E-state index is -0.794. The molecule has 0 aliphatic rings. The van der Waals surface area contributed by atoms with E-state index in [-0.39, 0.29) is 6.42 Å². The number of aliphatic carboxylic acids is 1. The molecule has 0 amide bonds. The van der Waals surface area contributed by atoms with Crippen LogP contribution in [0.5, 0.6) is 0 Å². The Morgan fingerprint density at radius 3 is 2.10 bits per heavy atom. The molecule has 0 spiro atoms. The number of hydrogen-bond donors (Lipinski definition) is 1. The van der Waals surface area contributed by atoms with Gasteiger partial charge in [-0.25, -0.2) is 0 Å². The molecular weight excluding hydrogens is 260 g/mol. The molecule has 1 N–H and O–H groups in total. The normalized spacial score (nSPS) is 10.7. The molecule has 0 heterocycles. The van der Waals surface area contributed by atoms with Crippen molar-refractivity contribution in [1.82, 2.24) is 0 Å². The van der Waals surface area contributed by atoms with E-state index in [0.29, 0.717) is 0 Å². The van der Waals surface area contributed by atoms with Crippen molar-refractivity contribution in [2.24, 2.45) is 0 Å². The van der Waals surface area contributed by atoms with Crippen LogP contribution in [0.3, 0.4) is 0 Å². The van der Waals surface area contributed by atoms with Gasteiger partial charge in [0.15, 0.2) is 0 Å². The van der Waals surface area contributed by atoms with E-state index < -0.39 is 5.97 Å². The molecule has 0 saturated heterocycles. The molecule has 0 atom stereocenters. The van der Waals surface area contributed by atoms with Gasteiger partial charge in [0, 0.05) is 0 Å². The topological polar surface area (TPSA) is 37.3 Å². The minimum absolute atomic E-state index is 0.0796. The highest BCUT2D eigenvalue weighted by atomic mass is 16.4. The van der Waals surface area contributed by atoms with E-state index in [1.807, 2.05) is 36.4 Å². The highest BCUT2D eigenvalue weighted by Crippen LogP contribution is 2.18. The van der Waals surface area contributed by atoms with Crippen molar-refractivity contribution in [3.8, 4) is 0 Å². The molecule has 0 radical (unpaired) electrons. The van der Waals surface area contributed by atoms with Crippen molar-refractivity contribution < 1.29 is 9.90 Å². The maximum atomic E-state index is 10.7. The molecule has 0 aromatic heterocycles. The van der Waals surface area contributed by atoms with E-state index in [4.69, 9.17) is 5.11 Å². The van der Waals surface area contributed by atoms with E-state index in [1.54, 1.807) is 0 Å². The van der Waals surface area contributed by atoms with Gasteiger partial charge in [0.25, 0.3) is 0 Å². The molecule has 3 aromatic rings. The van der Waals surface area contributed by atoms with Gasteiger partial charge < -0.3 is 5.11 Å². The Balaban J connectivity index is 1.79. The first-order valence-electron chi connectivity index (χ1n) is 6.98. The second-order valence-corrected chi connectivity index (χ2v) is 5.25. The largest absolute Gasteiger partial charge is 0.481 e. The molecule has 0 aliphatic heterocycles. The van der Waals surface area contributed by atoms with Crippen molar-refractivity contribution in [3.05, 3.63) is 83.4 Å². The van der Waals surface area contributed by atoms with Gasteiger partial charge in [-0.15, -0.1) is 0 Å². The molecule has 0 fully saturated rings. The third-order valence-electron chi connectivity index (χ3n) is 3.60. The van der Waals surface area contributed by atoms with Gasteiger partial charge in [0.1, 0.15) is 0 Å². The molecule has 0 unspecified atom stereocenters. The Bertz CT molecular complexity index is 773. The lowest BCUT2D eigenvalue weighted by Gasteiger charge is -2.05. The predicted octanol–water partition coefficient (Wildman–Crippen LogP) is 4.06. The number of hydrogen-bond acceptors (Lipinski definition) is 1. The van der Waals surface area contributed by atoms with E-state index in [0.717, 1.165) is 12.0 Å². The summed E-state index contributed by atoms with van der Waals surface area (Å²) in [6.07, 6.45) is 0.939. The Morgan fingerprint density at radius 2 is 1.38 bits per heavy atom. The van der Waals surface area contributed by atoms with Gasteiger partial charge in [0.05, 0.1) is 6.42 Å². The predicted molar refractivity (Wildman–Crippen MR) is 84.5 cm³/mol. The number of carbonyl (C=O) groups is 1. The average molecular weight is 276 g/mol. The van der Waals surface area contributed by atoms with E-state index >= 15 is 0 Å². The molecule has 3 rings (SSSR count). The second-order valence-electron chi connectivity index (χ2n) is 5.25. The summed E-state index contributed by atoms with van der Waals surface area (Å²) in [5.41, 5.74) is 3.30. The molecule has 0 aliphatic carbocycles. The van der Waals surface area contributed by atoms with Crippen molar-refractivity contribution in [2.45, 2.75) is 12.8 Å². The molecular formula is C19H16O2. The van der Waals surface area contributed by atoms with Crippen molar-refractivity contribution >= 4 is 16.7 Å². The summed E-state index contributed by atoms with van der Waals surface area (Å²) < 4.78 is 0. The first-order valence-corrected chi connectivity index (χ1v) is 6.98. The van der Waals surface area contributed by atoms with Crippen LogP contribution in [-0.2, 0) is 17.6 Å². The summed E-state index contributed by atoms with van der Waals surface area (Å²) in [5, 5.41) is 11.3. The number of fused-ring (bicyclic) bond motifs is 1. The summed E-state index contributed by atoms with van der Waals surface area (Å²) in [4.78, 5) is 10.7. The molecule has 0 bridgehead atoms. The fourth-order valence-electron chi connectivity index (χ4n) is 2.53. The maximum absolute atomic E-state index is 10.7. The van der Waals surface area contributed by atoms with Crippen molar-refractivity contribution in [2.75, 3.05) is 0 Å². The van der Waals surface area contributed by atoms with Crippen LogP contribution in [0.25, 0.3) is 10.8 Å². The van der Waals surface area contributed by atoms with Gasteiger partial charge in [-0.1, -0.05) is 66.7 Å². The zero-order valence-corrected chi connectivity index (χ0v) is 11.6. The quantitative estimate of drug-likeness (QED) is 0.780. The fourth-order valence-corrected chi connectivity index (χ4v) is 2.53. The summed E-state index contributed by atoms with van der Waals surface area (Å²) in [5.74, 6) is -0.794. The number of carboxylic acids is 1. The Hall–Kier alpha value is -2.61. The zero-order chi connectivity index (χ0) is 14.7. The fraction of sp³-hybridized carbons (Fsp3) is 0.105. The molecule has 104 valence electrons. The molecule has 3 aromatic carbocycles. The van der Waals surface area contributed by atoms with E-state index in [9.17, 15) is 4.79 Å². The summed E-state index contributed by atoms with van der Waals surface area (Å²) >= 11 is 0. The highest BCUT2D eigenvalue weighted by molar-refractivity contribution is 5.83. The first kappa shape index (κ1) is 13.4. The summed E-state index contributed by atoms with van der Waals surface area (Å²) in [6, 6.07) is 22.6. The Morgan fingerprint density at radius 1 is 0.762 bits per heavy atom. The average Bonchev–Trinajstić information content (AvgIpc) is 2.49. The first-order chi connectivity index (χ1) is 10.2. The minimum Gasteiger partial charge on any atom is -0.481 e. The number of carboxylic acid groups (broad SMARTS) is 1. The van der Waals surface area contributed by atoms with Crippen LogP contribution in [0.2, 0.25) is 0 Å². The maximum Gasteiger partial charge on any atom is 0.307 e.